The van der Waals surface area contributed by atoms with Crippen molar-refractivity contribution in [2.75, 3.05) is 13.2 Å². The van der Waals surface area contributed by atoms with Crippen molar-refractivity contribution >= 4 is 0 Å². The van der Waals surface area contributed by atoms with Crippen LogP contribution in [0.4, 0.5) is 4.39 Å². The van der Waals surface area contributed by atoms with Gasteiger partial charge in [-0.1, -0.05) is 19.1 Å². The third-order valence-electron chi connectivity index (χ3n) is 3.19. The monoisotopic (exact) mass is 209 g/mol. The molecule has 0 spiro atoms. The van der Waals surface area contributed by atoms with E-state index in [1.807, 2.05) is 6.07 Å². The molecule has 82 valence electrons. The van der Waals surface area contributed by atoms with E-state index in [0.29, 0.717) is 18.9 Å². The van der Waals surface area contributed by atoms with Crippen molar-refractivity contribution in [1.82, 2.24) is 0 Å². The fourth-order valence-corrected chi connectivity index (χ4v) is 2.11. The van der Waals surface area contributed by atoms with E-state index in [2.05, 4.69) is 6.92 Å². The summed E-state index contributed by atoms with van der Waals surface area (Å²) in [5.74, 6) is 0.108. The molecule has 0 amide bonds. The summed E-state index contributed by atoms with van der Waals surface area (Å²) < 4.78 is 19.0. The van der Waals surface area contributed by atoms with Crippen LogP contribution in [0.1, 0.15) is 25.3 Å². The van der Waals surface area contributed by atoms with Gasteiger partial charge < -0.3 is 10.5 Å². The zero-order chi connectivity index (χ0) is 10.9. The van der Waals surface area contributed by atoms with Gasteiger partial charge in [0.1, 0.15) is 0 Å². The van der Waals surface area contributed by atoms with Gasteiger partial charge in [0.25, 0.3) is 0 Å². The molecular weight excluding hydrogens is 193 g/mol. The first kappa shape index (κ1) is 10.4. The fourth-order valence-electron chi connectivity index (χ4n) is 2.11. The lowest BCUT2D eigenvalue weighted by Crippen LogP contribution is -2.31. The molecular formula is C12H16FNO. The van der Waals surface area contributed by atoms with Crippen LogP contribution in [0, 0.1) is 5.82 Å². The summed E-state index contributed by atoms with van der Waals surface area (Å²) in [7, 11) is 0. The van der Waals surface area contributed by atoms with Crippen LogP contribution in [0.5, 0.6) is 5.75 Å². The molecule has 1 aromatic carbocycles. The fraction of sp³-hybridized carbons (Fsp3) is 0.500. The van der Waals surface area contributed by atoms with Gasteiger partial charge in [-0.05, 0) is 18.9 Å². The van der Waals surface area contributed by atoms with Gasteiger partial charge in [0.2, 0.25) is 0 Å². The molecule has 0 fully saturated rings. The third-order valence-corrected chi connectivity index (χ3v) is 3.19. The summed E-state index contributed by atoms with van der Waals surface area (Å²) in [4.78, 5) is 0. The van der Waals surface area contributed by atoms with E-state index in [1.165, 1.54) is 6.07 Å². The van der Waals surface area contributed by atoms with Crippen molar-refractivity contribution in [3.05, 3.63) is 29.6 Å². The maximum absolute atomic E-state index is 13.6. The molecule has 1 aromatic rings. The molecule has 1 atom stereocenters. The number of ether oxygens (including phenoxy) is 1. The highest BCUT2D eigenvalue weighted by atomic mass is 19.1. The van der Waals surface area contributed by atoms with Gasteiger partial charge in [0.05, 0.1) is 6.61 Å². The number of hydrogen-bond acceptors (Lipinski definition) is 2. The average Bonchev–Trinajstić information content (AvgIpc) is 2.41. The van der Waals surface area contributed by atoms with Crippen LogP contribution >= 0.6 is 0 Å². The van der Waals surface area contributed by atoms with Crippen molar-refractivity contribution in [2.45, 2.75) is 25.2 Å². The van der Waals surface area contributed by atoms with Crippen molar-refractivity contribution in [1.29, 1.82) is 0 Å². The topological polar surface area (TPSA) is 35.2 Å². The molecule has 0 saturated heterocycles. The van der Waals surface area contributed by atoms with Crippen LogP contribution in [0.15, 0.2) is 18.2 Å². The van der Waals surface area contributed by atoms with E-state index in [0.717, 1.165) is 18.4 Å². The number of hydrogen-bond donors (Lipinski definition) is 1. The minimum atomic E-state index is -0.283. The second kappa shape index (κ2) is 3.81. The Balaban J connectivity index is 2.55. The molecule has 0 radical (unpaired) electrons. The summed E-state index contributed by atoms with van der Waals surface area (Å²) >= 11 is 0. The minimum absolute atomic E-state index is 0.159. The van der Waals surface area contributed by atoms with Gasteiger partial charge in [0, 0.05) is 17.5 Å². The highest BCUT2D eigenvalue weighted by Crippen LogP contribution is 2.38. The van der Waals surface area contributed by atoms with E-state index >= 15 is 0 Å². The van der Waals surface area contributed by atoms with Gasteiger partial charge in [-0.2, -0.15) is 0 Å². The van der Waals surface area contributed by atoms with Crippen molar-refractivity contribution in [3.63, 3.8) is 0 Å². The van der Waals surface area contributed by atoms with Crippen LogP contribution in [0.25, 0.3) is 0 Å². The summed E-state index contributed by atoms with van der Waals surface area (Å²) in [6.45, 7) is 3.16. The standard InChI is InChI=1S/C12H16FNO/c1-12(8-14)6-3-7-15-11-9(12)4-2-5-10(11)13/h2,4-5H,3,6-8,14H2,1H3. The van der Waals surface area contributed by atoms with Crippen LogP contribution in [-0.2, 0) is 5.41 Å². The number of nitrogens with two attached hydrogens (primary N) is 1. The lowest BCUT2D eigenvalue weighted by molar-refractivity contribution is 0.299. The zero-order valence-electron chi connectivity index (χ0n) is 8.92. The SMILES string of the molecule is CC1(CN)CCCOc2c(F)cccc21. The molecule has 15 heavy (non-hydrogen) atoms. The molecule has 2 N–H and O–H groups in total. The Labute approximate surface area is 89.2 Å². The highest BCUT2D eigenvalue weighted by Gasteiger charge is 2.31. The highest BCUT2D eigenvalue weighted by molar-refractivity contribution is 5.41. The summed E-state index contributed by atoms with van der Waals surface area (Å²) in [5, 5.41) is 0. The molecule has 1 aliphatic heterocycles. The first-order valence-electron chi connectivity index (χ1n) is 5.29. The smallest absolute Gasteiger partial charge is 0.165 e. The molecule has 0 saturated carbocycles. The minimum Gasteiger partial charge on any atom is -0.490 e. The van der Waals surface area contributed by atoms with Crippen molar-refractivity contribution in [2.24, 2.45) is 5.73 Å². The van der Waals surface area contributed by atoms with Crippen molar-refractivity contribution < 1.29 is 9.13 Å². The van der Waals surface area contributed by atoms with Gasteiger partial charge >= 0.3 is 0 Å². The predicted molar refractivity (Wildman–Crippen MR) is 57.5 cm³/mol. The molecule has 0 aromatic heterocycles. The summed E-state index contributed by atoms with van der Waals surface area (Å²) in [6, 6.07) is 5.06. The molecule has 0 bridgehead atoms. The Bertz CT molecular complexity index is 367. The van der Waals surface area contributed by atoms with Crippen LogP contribution in [0.2, 0.25) is 0 Å². The normalized spacial score (nSPS) is 25.3. The number of rotatable bonds is 1. The van der Waals surface area contributed by atoms with Gasteiger partial charge in [-0.25, -0.2) is 4.39 Å². The lowest BCUT2D eigenvalue weighted by Gasteiger charge is -2.27. The predicted octanol–water partition coefficient (Wildman–Crippen LogP) is 2.21. The van der Waals surface area contributed by atoms with Crippen molar-refractivity contribution in [3.8, 4) is 5.75 Å². The molecule has 1 heterocycles. The number of benzene rings is 1. The van der Waals surface area contributed by atoms with E-state index in [1.54, 1.807) is 6.07 Å². The molecule has 1 aliphatic rings. The van der Waals surface area contributed by atoms with E-state index in [9.17, 15) is 4.39 Å². The van der Waals surface area contributed by atoms with E-state index in [-0.39, 0.29) is 11.2 Å². The molecule has 0 aliphatic carbocycles. The first-order chi connectivity index (χ1) is 7.17. The van der Waals surface area contributed by atoms with Gasteiger partial charge in [0.15, 0.2) is 11.6 Å². The Morgan fingerprint density at radius 3 is 3.07 bits per heavy atom. The zero-order valence-corrected chi connectivity index (χ0v) is 8.92. The molecule has 3 heteroatoms. The maximum atomic E-state index is 13.6. The van der Waals surface area contributed by atoms with Gasteiger partial charge in [-0.3, -0.25) is 0 Å². The van der Waals surface area contributed by atoms with Crippen LogP contribution < -0.4 is 10.5 Å². The first-order valence-corrected chi connectivity index (χ1v) is 5.29. The van der Waals surface area contributed by atoms with E-state index in [4.69, 9.17) is 10.5 Å². The largest absolute Gasteiger partial charge is 0.490 e. The third kappa shape index (κ3) is 1.72. The van der Waals surface area contributed by atoms with E-state index < -0.39 is 0 Å². The Hall–Kier alpha value is -1.09. The number of halogens is 1. The van der Waals surface area contributed by atoms with Crippen LogP contribution in [0.3, 0.4) is 0 Å². The second-order valence-corrected chi connectivity index (χ2v) is 4.33. The number of para-hydroxylation sites is 1. The Kier molecular flexibility index (Phi) is 2.65. The lowest BCUT2D eigenvalue weighted by atomic mass is 9.78. The maximum Gasteiger partial charge on any atom is 0.165 e. The number of fused-ring (bicyclic) bond motifs is 1. The molecule has 2 rings (SSSR count). The summed E-state index contributed by atoms with van der Waals surface area (Å²) in [5.41, 5.74) is 6.54. The second-order valence-electron chi connectivity index (χ2n) is 4.33. The quantitative estimate of drug-likeness (QED) is 0.769. The average molecular weight is 209 g/mol. The van der Waals surface area contributed by atoms with Gasteiger partial charge in [-0.15, -0.1) is 0 Å². The Morgan fingerprint density at radius 1 is 1.53 bits per heavy atom. The molecule has 2 nitrogen and oxygen atoms in total. The Morgan fingerprint density at radius 2 is 2.33 bits per heavy atom. The summed E-state index contributed by atoms with van der Waals surface area (Å²) in [6.07, 6.45) is 1.86. The molecule has 1 unspecified atom stereocenters. The van der Waals surface area contributed by atoms with Crippen LogP contribution in [-0.4, -0.2) is 13.2 Å².